The van der Waals surface area contributed by atoms with Crippen LogP contribution >= 0.6 is 23.4 Å². The van der Waals surface area contributed by atoms with Gasteiger partial charge in [0, 0.05) is 70.2 Å². The highest BCUT2D eigenvalue weighted by Crippen LogP contribution is 2.57. The first-order chi connectivity index (χ1) is 18.3. The summed E-state index contributed by atoms with van der Waals surface area (Å²) in [6.45, 7) is 5.73. The molecule has 0 radical (unpaired) electrons. The number of fused-ring (bicyclic) bond motifs is 2. The number of nitrogens with two attached hydrogens (primary N) is 1. The number of halogens is 1. The van der Waals surface area contributed by atoms with Crippen molar-refractivity contribution in [1.82, 2.24) is 34.3 Å². The summed E-state index contributed by atoms with van der Waals surface area (Å²) in [7, 11) is 0. The molecule has 4 aromatic heterocycles. The molecule has 0 aromatic carbocycles. The molecule has 0 amide bonds. The van der Waals surface area contributed by atoms with Gasteiger partial charge in [0.05, 0.1) is 16.0 Å². The molecule has 3 N–H and O–H groups in total. The van der Waals surface area contributed by atoms with Gasteiger partial charge in [0.25, 0.3) is 0 Å². The number of aromatic nitrogens is 6. The van der Waals surface area contributed by atoms with E-state index in [4.69, 9.17) is 27.3 Å². The molecule has 6 heterocycles. The summed E-state index contributed by atoms with van der Waals surface area (Å²) >= 11 is 6.64. The lowest BCUT2D eigenvalue weighted by Crippen LogP contribution is -2.53. The second kappa shape index (κ2) is 8.68. The number of anilines is 2. The number of nitrogens with zero attached hydrogens (tertiary/aromatic N) is 7. The first-order valence-corrected chi connectivity index (χ1v) is 14.8. The summed E-state index contributed by atoms with van der Waals surface area (Å²) in [5, 5.41) is 8.95. The second-order valence-electron chi connectivity index (χ2n) is 10.6. The Labute approximate surface area is 232 Å². The Morgan fingerprint density at radius 1 is 1.16 bits per heavy atom. The number of nitrogens with one attached hydrogen (secondary N) is 1. The van der Waals surface area contributed by atoms with Gasteiger partial charge in [0.15, 0.2) is 10.4 Å². The smallest absolute Gasteiger partial charge is 0.212 e. The normalized spacial score (nSPS) is 23.2. The zero-order chi connectivity index (χ0) is 26.2. The Morgan fingerprint density at radius 2 is 1.95 bits per heavy atom. The fourth-order valence-electron chi connectivity index (χ4n) is 6.13. The largest absolute Gasteiger partial charge is 0.597 e. The SMILES string of the molecule is CC1(C)c2ccnc3c2[C@@H](N[S@+]1[O-])C1(CCN(c2ncc(Sc4ccnc(N)c4Cl)c4nncn24)CC1)C3. The summed E-state index contributed by atoms with van der Waals surface area (Å²) < 4.78 is 18.2. The number of hydrogen-bond donors (Lipinski definition) is 2. The van der Waals surface area contributed by atoms with Gasteiger partial charge in [-0.1, -0.05) is 23.4 Å². The third kappa shape index (κ3) is 3.54. The molecule has 2 aliphatic heterocycles. The van der Waals surface area contributed by atoms with Gasteiger partial charge in [-0.15, -0.1) is 14.9 Å². The van der Waals surface area contributed by atoms with Crippen molar-refractivity contribution in [3.05, 3.63) is 58.9 Å². The molecular formula is C25H26ClN9OS2. The van der Waals surface area contributed by atoms with Crippen molar-refractivity contribution >= 4 is 52.1 Å². The van der Waals surface area contributed by atoms with Crippen LogP contribution < -0.4 is 15.4 Å². The number of pyridine rings is 2. The van der Waals surface area contributed by atoms with Crippen molar-refractivity contribution in [2.75, 3.05) is 23.7 Å². The fraction of sp³-hybridized carbons (Fsp3) is 0.400. The highest BCUT2D eigenvalue weighted by Gasteiger charge is 2.57. The summed E-state index contributed by atoms with van der Waals surface area (Å²) in [6, 6.07) is 3.93. The molecule has 196 valence electrons. The molecule has 10 nitrogen and oxygen atoms in total. The van der Waals surface area contributed by atoms with Gasteiger partial charge < -0.3 is 15.2 Å². The van der Waals surface area contributed by atoms with Gasteiger partial charge in [-0.05, 0) is 45.2 Å². The molecule has 38 heavy (non-hydrogen) atoms. The van der Waals surface area contributed by atoms with Crippen LogP contribution in [0.25, 0.3) is 5.65 Å². The van der Waals surface area contributed by atoms with Crippen molar-refractivity contribution in [3.8, 4) is 0 Å². The minimum atomic E-state index is -1.16. The van der Waals surface area contributed by atoms with E-state index in [-0.39, 0.29) is 17.3 Å². The lowest BCUT2D eigenvalue weighted by Gasteiger charge is -2.46. The molecule has 0 unspecified atom stereocenters. The summed E-state index contributed by atoms with van der Waals surface area (Å²) in [6.07, 6.45) is 9.80. The van der Waals surface area contributed by atoms with Crippen molar-refractivity contribution in [1.29, 1.82) is 0 Å². The van der Waals surface area contributed by atoms with Gasteiger partial charge in [-0.3, -0.25) is 4.98 Å². The average molecular weight is 568 g/mol. The van der Waals surface area contributed by atoms with E-state index in [0.717, 1.165) is 53.8 Å². The maximum atomic E-state index is 13.2. The maximum Gasteiger partial charge on any atom is 0.212 e. The molecule has 1 aliphatic carbocycles. The quantitative estimate of drug-likeness (QED) is 0.353. The highest BCUT2D eigenvalue weighted by molar-refractivity contribution is 7.99. The van der Waals surface area contributed by atoms with Crippen LogP contribution in [0, 0.1) is 5.41 Å². The molecule has 2 atom stereocenters. The summed E-state index contributed by atoms with van der Waals surface area (Å²) in [4.78, 5) is 17.5. The third-order valence-electron chi connectivity index (χ3n) is 8.25. The van der Waals surface area contributed by atoms with Crippen molar-refractivity contribution < 1.29 is 4.55 Å². The van der Waals surface area contributed by atoms with E-state index < -0.39 is 16.1 Å². The molecular weight excluding hydrogens is 542 g/mol. The van der Waals surface area contributed by atoms with E-state index in [0.29, 0.717) is 10.7 Å². The summed E-state index contributed by atoms with van der Waals surface area (Å²) in [5.74, 6) is 1.09. The maximum absolute atomic E-state index is 13.2. The van der Waals surface area contributed by atoms with Crippen LogP contribution in [-0.4, -0.2) is 47.2 Å². The van der Waals surface area contributed by atoms with Gasteiger partial charge in [-0.25, -0.2) is 14.4 Å². The van der Waals surface area contributed by atoms with Gasteiger partial charge in [0.2, 0.25) is 5.95 Å². The lowest BCUT2D eigenvalue weighted by atomic mass is 9.72. The van der Waals surface area contributed by atoms with E-state index in [2.05, 4.69) is 30.9 Å². The summed E-state index contributed by atoms with van der Waals surface area (Å²) in [5.41, 5.74) is 10.2. The van der Waals surface area contributed by atoms with Gasteiger partial charge in [0.1, 0.15) is 12.1 Å². The molecule has 1 saturated heterocycles. The molecule has 0 saturated carbocycles. The van der Waals surface area contributed by atoms with Crippen LogP contribution in [0.3, 0.4) is 0 Å². The van der Waals surface area contributed by atoms with Crippen LogP contribution in [0.5, 0.6) is 0 Å². The Morgan fingerprint density at radius 3 is 2.76 bits per heavy atom. The Bertz CT molecular complexity index is 1570. The van der Waals surface area contributed by atoms with Crippen molar-refractivity contribution in [3.63, 3.8) is 0 Å². The van der Waals surface area contributed by atoms with Gasteiger partial charge >= 0.3 is 0 Å². The Hall–Kier alpha value is -2.64. The van der Waals surface area contributed by atoms with Crippen LogP contribution in [0.2, 0.25) is 5.02 Å². The van der Waals surface area contributed by atoms with Crippen LogP contribution in [-0.2, 0) is 22.5 Å². The molecule has 7 rings (SSSR count). The standard InChI is InChI=1S/C25H26ClN9OS2/c1-24(2)14-3-7-28-15-11-25(20(18(14)15)33-38(24)36)5-9-34(10-6-25)23-30-12-17(22-32-31-13-35(22)23)37-16-4-8-29-21(27)19(16)26/h3-4,7-8,12-13,20,33H,5-6,9-11H2,1-2H3,(H2,27,29)/t20-,38-/m1/s1. The topological polar surface area (TPSA) is 133 Å². The first kappa shape index (κ1) is 24.4. The Kier molecular flexibility index (Phi) is 5.58. The molecule has 1 spiro atoms. The van der Waals surface area contributed by atoms with Crippen LogP contribution in [0.15, 0.2) is 46.8 Å². The predicted octanol–water partition coefficient (Wildman–Crippen LogP) is 3.69. The zero-order valence-electron chi connectivity index (χ0n) is 20.9. The average Bonchev–Trinajstić information content (AvgIpc) is 3.51. The van der Waals surface area contributed by atoms with E-state index in [1.165, 1.54) is 22.9 Å². The van der Waals surface area contributed by atoms with E-state index in [1.807, 2.05) is 36.7 Å². The molecule has 4 aromatic rings. The van der Waals surface area contributed by atoms with Crippen molar-refractivity contribution in [2.45, 2.75) is 53.7 Å². The molecule has 0 bridgehead atoms. The van der Waals surface area contributed by atoms with Crippen molar-refractivity contribution in [2.24, 2.45) is 5.41 Å². The third-order valence-corrected chi connectivity index (χ3v) is 11.4. The zero-order valence-corrected chi connectivity index (χ0v) is 23.3. The van der Waals surface area contributed by atoms with Crippen LogP contribution in [0.1, 0.15) is 49.6 Å². The number of piperidine rings is 1. The number of rotatable bonds is 3. The number of nitrogen functional groups attached to an aromatic ring is 1. The fourth-order valence-corrected chi connectivity index (χ4v) is 8.51. The van der Waals surface area contributed by atoms with E-state index >= 15 is 0 Å². The number of hydrogen-bond acceptors (Lipinski definition) is 10. The minimum Gasteiger partial charge on any atom is -0.597 e. The lowest BCUT2D eigenvalue weighted by molar-refractivity contribution is 0.172. The van der Waals surface area contributed by atoms with Gasteiger partial charge in [-0.2, -0.15) is 0 Å². The van der Waals surface area contributed by atoms with E-state index in [1.54, 1.807) is 12.5 Å². The molecule has 13 heteroatoms. The predicted molar refractivity (Wildman–Crippen MR) is 147 cm³/mol. The highest BCUT2D eigenvalue weighted by atomic mass is 35.5. The second-order valence-corrected chi connectivity index (χ2v) is 13.9. The first-order valence-electron chi connectivity index (χ1n) is 12.5. The van der Waals surface area contributed by atoms with Crippen LogP contribution in [0.4, 0.5) is 11.8 Å². The Balaban J connectivity index is 1.16. The monoisotopic (exact) mass is 567 g/mol. The molecule has 3 aliphatic rings. The minimum absolute atomic E-state index is 0.0196. The van der Waals surface area contributed by atoms with E-state index in [9.17, 15) is 4.55 Å². The molecule has 1 fully saturated rings.